The Balaban J connectivity index is 1.53. The molecule has 0 unspecified atom stereocenters. The van der Waals surface area contributed by atoms with Gasteiger partial charge in [0.25, 0.3) is 0 Å². The Labute approximate surface area is 241 Å². The summed E-state index contributed by atoms with van der Waals surface area (Å²) in [5.41, 5.74) is 1.56. The van der Waals surface area contributed by atoms with E-state index < -0.39 is 11.2 Å². The van der Waals surface area contributed by atoms with E-state index in [1.54, 1.807) is 66.7 Å². The molecular formula is C35H28O7. The molecule has 0 aliphatic heterocycles. The highest BCUT2D eigenvalue weighted by Gasteiger charge is 2.53. The molecule has 5 aromatic rings. The summed E-state index contributed by atoms with van der Waals surface area (Å²) in [5.74, 6) is -0.181. The Morgan fingerprint density at radius 2 is 1.14 bits per heavy atom. The maximum Gasteiger partial charge on any atom is 0.178 e. The second-order valence-corrected chi connectivity index (χ2v) is 10.8. The number of hydrogen-bond donors (Lipinski definition) is 4. The monoisotopic (exact) mass is 560 g/mol. The van der Waals surface area contributed by atoms with Crippen LogP contribution in [-0.2, 0) is 19.3 Å². The molecule has 0 aromatic heterocycles. The van der Waals surface area contributed by atoms with Crippen molar-refractivity contribution in [2.45, 2.75) is 19.3 Å². The summed E-state index contributed by atoms with van der Waals surface area (Å²) in [6, 6.07) is 24.5. The average molecular weight is 561 g/mol. The van der Waals surface area contributed by atoms with Crippen molar-refractivity contribution in [3.05, 3.63) is 124 Å². The third-order valence-corrected chi connectivity index (χ3v) is 8.11. The quantitative estimate of drug-likeness (QED) is 0.177. The van der Waals surface area contributed by atoms with E-state index in [9.17, 15) is 30.0 Å². The zero-order valence-electron chi connectivity index (χ0n) is 22.8. The maximum absolute atomic E-state index is 14.6. The highest BCUT2D eigenvalue weighted by molar-refractivity contribution is 6.34. The summed E-state index contributed by atoms with van der Waals surface area (Å²) in [6.45, 7) is 0. The lowest BCUT2D eigenvalue weighted by Crippen LogP contribution is -2.38. The molecule has 0 saturated heterocycles. The second-order valence-electron chi connectivity index (χ2n) is 10.8. The fraction of sp³-hybridized carbons (Fsp3) is 0.143. The van der Waals surface area contributed by atoms with Crippen LogP contribution in [-0.4, -0.2) is 39.1 Å². The van der Waals surface area contributed by atoms with E-state index in [1.807, 2.05) is 0 Å². The molecule has 210 valence electrons. The largest absolute Gasteiger partial charge is 0.508 e. The van der Waals surface area contributed by atoms with Crippen LogP contribution in [0.3, 0.4) is 0 Å². The lowest BCUT2D eigenvalue weighted by atomic mass is 9.72. The van der Waals surface area contributed by atoms with Crippen molar-refractivity contribution in [2.75, 3.05) is 7.11 Å². The van der Waals surface area contributed by atoms with Gasteiger partial charge in [0.05, 0.1) is 7.11 Å². The number of phenols is 4. The van der Waals surface area contributed by atoms with E-state index in [0.717, 1.165) is 5.56 Å². The Morgan fingerprint density at radius 1 is 0.643 bits per heavy atom. The smallest absolute Gasteiger partial charge is 0.178 e. The van der Waals surface area contributed by atoms with Gasteiger partial charge in [0.2, 0.25) is 0 Å². The topological polar surface area (TPSA) is 124 Å². The van der Waals surface area contributed by atoms with Crippen LogP contribution >= 0.6 is 0 Å². The summed E-state index contributed by atoms with van der Waals surface area (Å²) in [7, 11) is 1.50. The Bertz CT molecular complexity index is 1790. The van der Waals surface area contributed by atoms with Crippen LogP contribution in [0, 0.1) is 5.41 Å². The number of carbonyl (C=O) groups is 2. The van der Waals surface area contributed by atoms with Crippen molar-refractivity contribution in [3.63, 3.8) is 0 Å². The van der Waals surface area contributed by atoms with E-state index in [-0.39, 0.29) is 59.2 Å². The number of carbonyl (C=O) groups excluding carboxylic acids is 2. The van der Waals surface area contributed by atoms with Gasteiger partial charge in [-0.15, -0.1) is 0 Å². The number of Topliss-reactive ketones (excluding diaryl/α,β-unsaturated/α-hetero) is 2. The zero-order chi connectivity index (χ0) is 29.6. The summed E-state index contributed by atoms with van der Waals surface area (Å²) in [4.78, 5) is 28.9. The molecule has 0 bridgehead atoms. The molecule has 5 aromatic carbocycles. The second kappa shape index (κ2) is 10.3. The Morgan fingerprint density at radius 3 is 1.64 bits per heavy atom. The van der Waals surface area contributed by atoms with Crippen molar-refractivity contribution in [1.29, 1.82) is 0 Å². The minimum Gasteiger partial charge on any atom is -0.508 e. The summed E-state index contributed by atoms with van der Waals surface area (Å²) in [6.07, 6.45) is 0.432. The van der Waals surface area contributed by atoms with Crippen LogP contribution in [0.5, 0.6) is 28.7 Å². The summed E-state index contributed by atoms with van der Waals surface area (Å²) < 4.78 is 5.61. The van der Waals surface area contributed by atoms with Gasteiger partial charge in [0.15, 0.2) is 11.6 Å². The summed E-state index contributed by atoms with van der Waals surface area (Å²) >= 11 is 0. The van der Waals surface area contributed by atoms with Crippen LogP contribution in [0.1, 0.15) is 43.0 Å². The normalized spacial score (nSPS) is 13.8. The Hall–Kier alpha value is -5.30. The molecule has 7 nitrogen and oxygen atoms in total. The molecule has 0 radical (unpaired) electrons. The molecule has 0 heterocycles. The molecule has 6 rings (SSSR count). The molecule has 0 atom stereocenters. The summed E-state index contributed by atoms with van der Waals surface area (Å²) in [5, 5.41) is 41.9. The molecule has 0 saturated carbocycles. The van der Waals surface area contributed by atoms with Gasteiger partial charge in [0, 0.05) is 28.5 Å². The lowest BCUT2D eigenvalue weighted by molar-refractivity contribution is 0.0695. The molecule has 0 fully saturated rings. The van der Waals surface area contributed by atoms with Crippen molar-refractivity contribution >= 4 is 22.3 Å². The standard InChI is InChI=1S/C35H28O7/c1-42-29-17-23-8-15-27-31(30(23)32(39)28(29)16-20-2-9-24(36)10-3-20)34(41)35(33(27)40,18-21-4-11-25(37)12-5-21)19-22-6-13-26(38)14-7-22/h2-15,17,36-39H,16,18-19H2,1H3. The predicted molar refractivity (Wildman–Crippen MR) is 158 cm³/mol. The molecule has 42 heavy (non-hydrogen) atoms. The van der Waals surface area contributed by atoms with Gasteiger partial charge in [-0.05, 0) is 83.4 Å². The lowest BCUT2D eigenvalue weighted by Gasteiger charge is -2.26. The van der Waals surface area contributed by atoms with E-state index in [0.29, 0.717) is 33.2 Å². The van der Waals surface area contributed by atoms with E-state index in [4.69, 9.17) is 4.74 Å². The van der Waals surface area contributed by atoms with Gasteiger partial charge in [-0.1, -0.05) is 42.5 Å². The number of aromatic hydroxyl groups is 4. The molecule has 0 amide bonds. The first-order valence-electron chi connectivity index (χ1n) is 13.5. The molecule has 1 aliphatic rings. The van der Waals surface area contributed by atoms with Gasteiger partial charge < -0.3 is 25.2 Å². The molecular weight excluding hydrogens is 532 g/mol. The number of ketones is 2. The first-order chi connectivity index (χ1) is 20.2. The molecule has 0 spiro atoms. The molecule has 1 aliphatic carbocycles. The first-order valence-corrected chi connectivity index (χ1v) is 13.5. The number of fused-ring (bicyclic) bond motifs is 3. The third kappa shape index (κ3) is 4.49. The number of ether oxygens (including phenoxy) is 1. The fourth-order valence-corrected chi connectivity index (χ4v) is 5.99. The van der Waals surface area contributed by atoms with Crippen LogP contribution in [0.25, 0.3) is 10.8 Å². The van der Waals surface area contributed by atoms with E-state index >= 15 is 0 Å². The van der Waals surface area contributed by atoms with Gasteiger partial charge in [-0.3, -0.25) is 9.59 Å². The number of methoxy groups -OCH3 is 1. The number of phenolic OH excluding ortho intramolecular Hbond substituents is 4. The fourth-order valence-electron chi connectivity index (χ4n) is 5.99. The third-order valence-electron chi connectivity index (χ3n) is 8.11. The maximum atomic E-state index is 14.6. The average Bonchev–Trinajstić information content (AvgIpc) is 3.19. The van der Waals surface area contributed by atoms with Crippen molar-refractivity contribution in [1.82, 2.24) is 0 Å². The molecule has 4 N–H and O–H groups in total. The van der Waals surface area contributed by atoms with Crippen molar-refractivity contribution in [2.24, 2.45) is 5.41 Å². The number of benzene rings is 5. The number of rotatable bonds is 7. The van der Waals surface area contributed by atoms with Crippen molar-refractivity contribution in [3.8, 4) is 28.7 Å². The highest BCUT2D eigenvalue weighted by Crippen LogP contribution is 2.48. The van der Waals surface area contributed by atoms with Crippen molar-refractivity contribution < 1.29 is 34.8 Å². The Kier molecular flexibility index (Phi) is 6.58. The van der Waals surface area contributed by atoms with Crippen LogP contribution in [0.2, 0.25) is 0 Å². The van der Waals surface area contributed by atoms with Gasteiger partial charge >= 0.3 is 0 Å². The predicted octanol–water partition coefficient (Wildman–Crippen LogP) is 6.11. The minimum atomic E-state index is -1.51. The van der Waals surface area contributed by atoms with Crippen LogP contribution in [0.4, 0.5) is 0 Å². The SMILES string of the molecule is COc1cc2ccc3c(c2c(O)c1Cc1ccc(O)cc1)C(=O)C(Cc1ccc(O)cc1)(Cc1ccc(O)cc1)C3=O. The minimum absolute atomic E-state index is 0.0738. The number of hydrogen-bond acceptors (Lipinski definition) is 7. The van der Waals surface area contributed by atoms with E-state index in [2.05, 4.69) is 0 Å². The van der Waals surface area contributed by atoms with Gasteiger partial charge in [-0.2, -0.15) is 0 Å². The van der Waals surface area contributed by atoms with Gasteiger partial charge in [0.1, 0.15) is 34.2 Å². The van der Waals surface area contributed by atoms with Crippen LogP contribution < -0.4 is 4.74 Å². The highest BCUT2D eigenvalue weighted by atomic mass is 16.5. The van der Waals surface area contributed by atoms with E-state index in [1.165, 1.54) is 31.4 Å². The molecule has 7 heteroatoms. The zero-order valence-corrected chi connectivity index (χ0v) is 22.8. The van der Waals surface area contributed by atoms with Gasteiger partial charge in [-0.25, -0.2) is 0 Å². The van der Waals surface area contributed by atoms with Crippen LogP contribution in [0.15, 0.2) is 91.0 Å². The first kappa shape index (κ1) is 26.9.